The summed E-state index contributed by atoms with van der Waals surface area (Å²) < 4.78 is 14.0. The molecule has 0 aliphatic carbocycles. The Kier molecular flexibility index (Phi) is 2.74. The van der Waals surface area contributed by atoms with E-state index >= 15 is 0 Å². The van der Waals surface area contributed by atoms with E-state index in [4.69, 9.17) is 5.11 Å². The van der Waals surface area contributed by atoms with Crippen molar-refractivity contribution in [3.05, 3.63) is 23.5 Å². The van der Waals surface area contributed by atoms with Gasteiger partial charge in [-0.15, -0.1) is 0 Å². The number of rotatable bonds is 2. The lowest BCUT2D eigenvalue weighted by Crippen LogP contribution is -2.21. The Balaban J connectivity index is 1.95. The minimum Gasteiger partial charge on any atom is -0.396 e. The molecule has 2 aliphatic rings. The Bertz CT molecular complexity index is 573. The number of carbonyl (C=O) groups is 2. The predicted molar refractivity (Wildman–Crippen MR) is 66.8 cm³/mol. The third-order valence-corrected chi connectivity index (χ3v) is 3.67. The van der Waals surface area contributed by atoms with E-state index in [2.05, 4.69) is 5.32 Å². The Morgan fingerprint density at radius 1 is 1.42 bits per heavy atom. The first-order valence-electron chi connectivity index (χ1n) is 6.15. The highest BCUT2D eigenvalue weighted by Crippen LogP contribution is 2.33. The molecule has 0 aromatic heterocycles. The summed E-state index contributed by atoms with van der Waals surface area (Å²) in [6, 6.07) is 2.60. The first kappa shape index (κ1) is 12.1. The molecule has 3 rings (SSSR count). The first-order valence-corrected chi connectivity index (χ1v) is 6.15. The van der Waals surface area contributed by atoms with Crippen molar-refractivity contribution in [2.75, 3.05) is 29.9 Å². The number of hydrogen-bond donors (Lipinski definition) is 2. The molecule has 1 saturated heterocycles. The number of carbonyl (C=O) groups excluding carboxylic acids is 2. The molecule has 2 N–H and O–H groups in total. The summed E-state index contributed by atoms with van der Waals surface area (Å²) in [4.78, 5) is 24.5. The molecule has 1 amide bonds. The van der Waals surface area contributed by atoms with Gasteiger partial charge in [0, 0.05) is 25.6 Å². The molecule has 1 atom stereocenters. The average Bonchev–Trinajstić information content (AvgIpc) is 2.96. The van der Waals surface area contributed by atoms with E-state index in [1.807, 2.05) is 4.90 Å². The standard InChI is InChI=1S/C13H13FN2O3/c14-9-3-8-10(15-13(19)12(8)18)4-11(9)16-2-1-7(5-16)6-17/h3-4,7,17H,1-2,5-6H2,(H,15,18,19). The third kappa shape index (κ3) is 1.88. The van der Waals surface area contributed by atoms with Crippen LogP contribution in [-0.2, 0) is 4.79 Å². The number of halogens is 1. The molecular weight excluding hydrogens is 251 g/mol. The molecule has 5 nitrogen and oxygen atoms in total. The summed E-state index contributed by atoms with van der Waals surface area (Å²) in [6.45, 7) is 1.31. The molecule has 6 heteroatoms. The van der Waals surface area contributed by atoms with Crippen molar-refractivity contribution in [2.45, 2.75) is 6.42 Å². The molecule has 2 aliphatic heterocycles. The van der Waals surface area contributed by atoms with Gasteiger partial charge in [-0.3, -0.25) is 9.59 Å². The molecule has 0 radical (unpaired) electrons. The smallest absolute Gasteiger partial charge is 0.296 e. The second-order valence-corrected chi connectivity index (χ2v) is 4.92. The van der Waals surface area contributed by atoms with Crippen LogP contribution in [0.25, 0.3) is 0 Å². The van der Waals surface area contributed by atoms with Crippen LogP contribution in [0.4, 0.5) is 15.8 Å². The molecule has 1 fully saturated rings. The summed E-state index contributed by atoms with van der Waals surface area (Å²) >= 11 is 0. The monoisotopic (exact) mass is 264 g/mol. The summed E-state index contributed by atoms with van der Waals surface area (Å²) in [6.07, 6.45) is 0.804. The van der Waals surface area contributed by atoms with E-state index in [1.54, 1.807) is 0 Å². The molecule has 0 saturated carbocycles. The Morgan fingerprint density at radius 3 is 2.89 bits per heavy atom. The normalized spacial score (nSPS) is 21.8. The van der Waals surface area contributed by atoms with Gasteiger partial charge < -0.3 is 15.3 Å². The second kappa shape index (κ2) is 4.31. The van der Waals surface area contributed by atoms with Crippen LogP contribution < -0.4 is 10.2 Å². The van der Waals surface area contributed by atoms with Crippen molar-refractivity contribution in [1.29, 1.82) is 0 Å². The third-order valence-electron chi connectivity index (χ3n) is 3.67. The first-order chi connectivity index (χ1) is 9.10. The average molecular weight is 264 g/mol. The van der Waals surface area contributed by atoms with Crippen molar-refractivity contribution < 1.29 is 19.1 Å². The number of aliphatic hydroxyl groups excluding tert-OH is 1. The molecule has 2 heterocycles. The quantitative estimate of drug-likeness (QED) is 0.774. The van der Waals surface area contributed by atoms with E-state index in [0.717, 1.165) is 12.5 Å². The molecule has 1 aromatic rings. The van der Waals surface area contributed by atoms with Crippen LogP contribution >= 0.6 is 0 Å². The molecule has 0 spiro atoms. The van der Waals surface area contributed by atoms with Gasteiger partial charge in [0.05, 0.1) is 16.9 Å². The van der Waals surface area contributed by atoms with E-state index in [1.165, 1.54) is 6.07 Å². The van der Waals surface area contributed by atoms with Crippen molar-refractivity contribution >= 4 is 23.1 Å². The largest absolute Gasteiger partial charge is 0.396 e. The van der Waals surface area contributed by atoms with Crippen LogP contribution in [0.2, 0.25) is 0 Å². The lowest BCUT2D eigenvalue weighted by molar-refractivity contribution is -0.112. The van der Waals surface area contributed by atoms with Gasteiger partial charge in [-0.2, -0.15) is 0 Å². The fourth-order valence-corrected chi connectivity index (χ4v) is 2.60. The van der Waals surface area contributed by atoms with E-state index in [0.29, 0.717) is 24.5 Å². The van der Waals surface area contributed by atoms with E-state index < -0.39 is 17.5 Å². The van der Waals surface area contributed by atoms with Gasteiger partial charge in [0.15, 0.2) is 0 Å². The van der Waals surface area contributed by atoms with Gasteiger partial charge in [-0.25, -0.2) is 4.39 Å². The van der Waals surface area contributed by atoms with E-state index in [-0.39, 0.29) is 18.1 Å². The van der Waals surface area contributed by atoms with Crippen molar-refractivity contribution in [3.63, 3.8) is 0 Å². The maximum absolute atomic E-state index is 14.0. The number of benzene rings is 1. The van der Waals surface area contributed by atoms with Crippen LogP contribution in [0.5, 0.6) is 0 Å². The van der Waals surface area contributed by atoms with Crippen molar-refractivity contribution in [1.82, 2.24) is 0 Å². The molecule has 1 unspecified atom stereocenters. The predicted octanol–water partition coefficient (Wildman–Crippen LogP) is 0.779. The minimum absolute atomic E-state index is 0.0816. The van der Waals surface area contributed by atoms with Crippen LogP contribution in [0.3, 0.4) is 0 Å². The van der Waals surface area contributed by atoms with Gasteiger partial charge >= 0.3 is 0 Å². The lowest BCUT2D eigenvalue weighted by atomic mass is 10.1. The zero-order valence-electron chi connectivity index (χ0n) is 10.1. The summed E-state index contributed by atoms with van der Waals surface area (Å²) in [7, 11) is 0. The van der Waals surface area contributed by atoms with Gasteiger partial charge in [0.25, 0.3) is 11.7 Å². The van der Waals surface area contributed by atoms with Crippen LogP contribution in [0, 0.1) is 11.7 Å². The number of fused-ring (bicyclic) bond motifs is 1. The molecule has 0 bridgehead atoms. The van der Waals surface area contributed by atoms with Crippen LogP contribution in [-0.4, -0.2) is 36.5 Å². The number of amides is 1. The van der Waals surface area contributed by atoms with Crippen LogP contribution in [0.1, 0.15) is 16.8 Å². The highest BCUT2D eigenvalue weighted by Gasteiger charge is 2.31. The van der Waals surface area contributed by atoms with Gasteiger partial charge in [-0.1, -0.05) is 0 Å². The zero-order valence-corrected chi connectivity index (χ0v) is 10.1. The molecule has 1 aromatic carbocycles. The van der Waals surface area contributed by atoms with Crippen molar-refractivity contribution in [3.8, 4) is 0 Å². The highest BCUT2D eigenvalue weighted by atomic mass is 19.1. The maximum Gasteiger partial charge on any atom is 0.296 e. The van der Waals surface area contributed by atoms with E-state index in [9.17, 15) is 14.0 Å². The molecular formula is C13H13FN2O3. The van der Waals surface area contributed by atoms with Crippen LogP contribution in [0.15, 0.2) is 12.1 Å². The van der Waals surface area contributed by atoms with Gasteiger partial charge in [0.2, 0.25) is 0 Å². The summed E-state index contributed by atoms with van der Waals surface area (Å²) in [5.41, 5.74) is 0.813. The van der Waals surface area contributed by atoms with Crippen molar-refractivity contribution in [2.24, 2.45) is 5.92 Å². The number of nitrogens with one attached hydrogen (secondary N) is 1. The fourth-order valence-electron chi connectivity index (χ4n) is 2.60. The summed E-state index contributed by atoms with van der Waals surface area (Å²) in [5.74, 6) is -1.79. The second-order valence-electron chi connectivity index (χ2n) is 4.92. The topological polar surface area (TPSA) is 69.6 Å². The SMILES string of the molecule is O=C1Nc2cc(N3CCC(CO)C3)c(F)cc2C1=O. The lowest BCUT2D eigenvalue weighted by Gasteiger charge is -2.19. The Hall–Kier alpha value is -1.95. The molecule has 100 valence electrons. The fraction of sp³-hybridized carbons (Fsp3) is 0.385. The molecule has 19 heavy (non-hydrogen) atoms. The number of ketones is 1. The number of anilines is 2. The maximum atomic E-state index is 14.0. The Morgan fingerprint density at radius 2 is 2.21 bits per heavy atom. The number of hydrogen-bond acceptors (Lipinski definition) is 4. The number of Topliss-reactive ketones (excluding diaryl/α,β-unsaturated/α-hetero) is 1. The highest BCUT2D eigenvalue weighted by molar-refractivity contribution is 6.51. The number of aliphatic hydroxyl groups is 1. The number of nitrogens with zero attached hydrogens (tertiary/aromatic N) is 1. The minimum atomic E-state index is -0.721. The summed E-state index contributed by atoms with van der Waals surface area (Å²) in [5, 5.41) is 11.5. The Labute approximate surface area is 109 Å². The van der Waals surface area contributed by atoms with Gasteiger partial charge in [-0.05, 0) is 18.6 Å². The van der Waals surface area contributed by atoms with Gasteiger partial charge in [0.1, 0.15) is 5.82 Å². The zero-order chi connectivity index (χ0) is 13.6.